The summed E-state index contributed by atoms with van der Waals surface area (Å²) in [5.41, 5.74) is 0. The monoisotopic (exact) mass is 275 g/mol. The summed E-state index contributed by atoms with van der Waals surface area (Å²) in [6.45, 7) is 3.46. The third-order valence-corrected chi connectivity index (χ3v) is 3.06. The second kappa shape index (κ2) is 4.81. The summed E-state index contributed by atoms with van der Waals surface area (Å²) in [6.07, 6.45) is -4.17. The molecule has 1 rings (SSSR count). The fraction of sp³-hybridized carbons (Fsp3) is 1.00. The predicted molar refractivity (Wildman–Crippen MR) is 50.6 cm³/mol. The molecule has 14 heavy (non-hydrogen) atoms. The second-order valence-corrected chi connectivity index (χ2v) is 4.53. The summed E-state index contributed by atoms with van der Waals surface area (Å²) in [5, 5.41) is 0. The van der Waals surface area contributed by atoms with E-state index in [1.165, 1.54) is 0 Å². The fourth-order valence-corrected chi connectivity index (χ4v) is 1.71. The van der Waals surface area contributed by atoms with Gasteiger partial charge in [-0.2, -0.15) is 13.2 Å². The van der Waals surface area contributed by atoms with Crippen LogP contribution >= 0.6 is 15.9 Å². The van der Waals surface area contributed by atoms with Crippen molar-refractivity contribution < 1.29 is 17.9 Å². The average Bonchev–Trinajstić information content (AvgIpc) is 2.07. The Labute approximate surface area is 89.5 Å². The third kappa shape index (κ3) is 3.40. The molecule has 1 saturated heterocycles. The molecule has 0 aliphatic carbocycles. The van der Waals surface area contributed by atoms with Crippen molar-refractivity contribution in [2.75, 3.05) is 26.3 Å². The van der Waals surface area contributed by atoms with Gasteiger partial charge in [0.1, 0.15) is 4.83 Å². The van der Waals surface area contributed by atoms with E-state index in [-0.39, 0.29) is 12.6 Å². The third-order valence-electron chi connectivity index (χ3n) is 2.26. The minimum atomic E-state index is -4.17. The number of halogens is 4. The Morgan fingerprint density at radius 2 is 2.21 bits per heavy atom. The zero-order chi connectivity index (χ0) is 10.8. The highest BCUT2D eigenvalue weighted by Crippen LogP contribution is 2.27. The molecule has 0 bridgehead atoms. The van der Waals surface area contributed by atoms with Crippen molar-refractivity contribution in [1.82, 2.24) is 4.90 Å². The predicted octanol–water partition coefficient (Wildman–Crippen LogP) is 2.03. The van der Waals surface area contributed by atoms with Gasteiger partial charge >= 0.3 is 6.18 Å². The number of rotatable bonds is 2. The minimum absolute atomic E-state index is 0.00593. The molecule has 0 N–H and O–H groups in total. The normalized spacial score (nSPS) is 27.6. The van der Waals surface area contributed by atoms with E-state index in [0.717, 1.165) is 0 Å². The van der Waals surface area contributed by atoms with Crippen LogP contribution in [0.5, 0.6) is 0 Å². The zero-order valence-electron chi connectivity index (χ0n) is 7.85. The Kier molecular flexibility index (Phi) is 4.21. The Balaban J connectivity index is 2.42. The van der Waals surface area contributed by atoms with Gasteiger partial charge in [-0.05, 0) is 6.92 Å². The molecule has 0 aromatic rings. The SMILES string of the molecule is CC1COCCN1CC(Br)C(F)(F)F. The number of nitrogens with zero attached hydrogens (tertiary/aromatic N) is 1. The zero-order valence-corrected chi connectivity index (χ0v) is 9.44. The van der Waals surface area contributed by atoms with Crippen LogP contribution in [0.4, 0.5) is 13.2 Å². The van der Waals surface area contributed by atoms with Gasteiger partial charge in [-0.15, -0.1) is 0 Å². The standard InChI is InChI=1S/C8H13BrF3NO/c1-6-5-14-3-2-13(6)4-7(9)8(10,11)12/h6-7H,2-5H2,1H3. The van der Waals surface area contributed by atoms with E-state index in [2.05, 4.69) is 15.9 Å². The van der Waals surface area contributed by atoms with Gasteiger partial charge in [-0.1, -0.05) is 15.9 Å². The molecule has 2 atom stereocenters. The molecule has 0 amide bonds. The van der Waals surface area contributed by atoms with Crippen LogP contribution in [0.25, 0.3) is 0 Å². The summed E-state index contributed by atoms with van der Waals surface area (Å²) in [6, 6.07) is 0.0612. The van der Waals surface area contributed by atoms with Crippen LogP contribution in [-0.2, 0) is 4.74 Å². The summed E-state index contributed by atoms with van der Waals surface area (Å²) < 4.78 is 41.8. The van der Waals surface area contributed by atoms with Crippen LogP contribution in [0.15, 0.2) is 0 Å². The van der Waals surface area contributed by atoms with Gasteiger partial charge in [-0.3, -0.25) is 4.90 Å². The van der Waals surface area contributed by atoms with E-state index in [1.54, 1.807) is 4.90 Å². The largest absolute Gasteiger partial charge is 0.402 e. The summed E-state index contributed by atoms with van der Waals surface area (Å²) in [7, 11) is 0. The highest BCUT2D eigenvalue weighted by atomic mass is 79.9. The Bertz CT molecular complexity index is 188. The molecule has 0 spiro atoms. The Hall–Kier alpha value is 0.190. The molecular weight excluding hydrogens is 263 g/mol. The lowest BCUT2D eigenvalue weighted by Gasteiger charge is -2.34. The van der Waals surface area contributed by atoms with Crippen molar-refractivity contribution in [1.29, 1.82) is 0 Å². The van der Waals surface area contributed by atoms with Crippen LogP contribution in [0.1, 0.15) is 6.92 Å². The summed E-state index contributed by atoms with van der Waals surface area (Å²) >= 11 is 2.65. The van der Waals surface area contributed by atoms with E-state index in [1.807, 2.05) is 6.92 Å². The van der Waals surface area contributed by atoms with Crippen LogP contribution in [0.2, 0.25) is 0 Å². The van der Waals surface area contributed by atoms with Gasteiger partial charge in [0.15, 0.2) is 0 Å². The lowest BCUT2D eigenvalue weighted by molar-refractivity contribution is -0.134. The molecule has 2 nitrogen and oxygen atoms in total. The fourth-order valence-electron chi connectivity index (χ4n) is 1.34. The van der Waals surface area contributed by atoms with E-state index < -0.39 is 11.0 Å². The van der Waals surface area contributed by atoms with E-state index in [4.69, 9.17) is 4.74 Å². The van der Waals surface area contributed by atoms with Crippen molar-refractivity contribution in [2.45, 2.75) is 24.0 Å². The Morgan fingerprint density at radius 3 is 2.71 bits per heavy atom. The van der Waals surface area contributed by atoms with E-state index >= 15 is 0 Å². The highest BCUT2D eigenvalue weighted by molar-refractivity contribution is 9.09. The molecule has 1 aliphatic rings. The molecule has 1 heterocycles. The quantitative estimate of drug-likeness (QED) is 0.716. The van der Waals surface area contributed by atoms with Gasteiger partial charge in [0.05, 0.1) is 13.2 Å². The number of hydrogen-bond acceptors (Lipinski definition) is 2. The average molecular weight is 276 g/mol. The van der Waals surface area contributed by atoms with Gasteiger partial charge in [-0.25, -0.2) is 0 Å². The van der Waals surface area contributed by atoms with Crippen molar-refractivity contribution in [3.8, 4) is 0 Å². The minimum Gasteiger partial charge on any atom is -0.379 e. The van der Waals surface area contributed by atoms with Crippen molar-refractivity contribution >= 4 is 15.9 Å². The van der Waals surface area contributed by atoms with Gasteiger partial charge in [0.2, 0.25) is 0 Å². The van der Waals surface area contributed by atoms with Crippen molar-refractivity contribution in [2.24, 2.45) is 0 Å². The smallest absolute Gasteiger partial charge is 0.379 e. The van der Waals surface area contributed by atoms with Gasteiger partial charge in [0, 0.05) is 19.1 Å². The first-order chi connectivity index (χ1) is 6.41. The van der Waals surface area contributed by atoms with E-state index in [9.17, 15) is 13.2 Å². The van der Waals surface area contributed by atoms with Gasteiger partial charge in [0.25, 0.3) is 0 Å². The molecule has 0 radical (unpaired) electrons. The summed E-state index contributed by atoms with van der Waals surface area (Å²) in [4.78, 5) is 0.340. The van der Waals surface area contributed by atoms with Crippen molar-refractivity contribution in [3.63, 3.8) is 0 Å². The molecule has 1 aliphatic heterocycles. The van der Waals surface area contributed by atoms with E-state index in [0.29, 0.717) is 19.8 Å². The second-order valence-electron chi connectivity index (χ2n) is 3.43. The number of morpholine rings is 1. The molecule has 1 fully saturated rings. The maximum Gasteiger partial charge on any atom is 0.402 e. The van der Waals surface area contributed by atoms with Crippen LogP contribution in [0.3, 0.4) is 0 Å². The van der Waals surface area contributed by atoms with Crippen LogP contribution in [-0.4, -0.2) is 48.2 Å². The maximum atomic E-state index is 12.2. The first-order valence-electron chi connectivity index (χ1n) is 4.44. The highest BCUT2D eigenvalue weighted by Gasteiger charge is 2.39. The molecule has 84 valence electrons. The lowest BCUT2D eigenvalue weighted by atomic mass is 10.2. The summed E-state index contributed by atoms with van der Waals surface area (Å²) in [5.74, 6) is 0. The molecular formula is C8H13BrF3NO. The Morgan fingerprint density at radius 1 is 1.57 bits per heavy atom. The molecule has 0 aromatic carbocycles. The first-order valence-corrected chi connectivity index (χ1v) is 5.35. The lowest BCUT2D eigenvalue weighted by Crippen LogP contribution is -2.48. The number of ether oxygens (including phenoxy) is 1. The molecule has 0 saturated carbocycles. The topological polar surface area (TPSA) is 12.5 Å². The molecule has 6 heteroatoms. The number of alkyl halides is 4. The van der Waals surface area contributed by atoms with Crippen LogP contribution < -0.4 is 0 Å². The van der Waals surface area contributed by atoms with Crippen LogP contribution in [0, 0.1) is 0 Å². The molecule has 2 unspecified atom stereocenters. The molecule has 0 aromatic heterocycles. The van der Waals surface area contributed by atoms with Gasteiger partial charge < -0.3 is 4.74 Å². The maximum absolute atomic E-state index is 12.2. The first kappa shape index (κ1) is 12.3. The van der Waals surface area contributed by atoms with Crippen molar-refractivity contribution in [3.05, 3.63) is 0 Å². The number of hydrogen-bond donors (Lipinski definition) is 0.